The second kappa shape index (κ2) is 2.99. The maximum absolute atomic E-state index is 6.13. The van der Waals surface area contributed by atoms with E-state index in [1.54, 1.807) is 0 Å². The summed E-state index contributed by atoms with van der Waals surface area (Å²) < 4.78 is 6.80. The van der Waals surface area contributed by atoms with Crippen molar-refractivity contribution in [2.24, 2.45) is 0 Å². The van der Waals surface area contributed by atoms with Gasteiger partial charge in [0.25, 0.3) is 0 Å². The zero-order chi connectivity index (χ0) is 8.70. The Kier molecular flexibility index (Phi) is 2.72. The molecule has 3 heteroatoms. The molecule has 0 spiro atoms. The monoisotopic (exact) mass is 284 g/mol. The Balaban J connectivity index is 2.48. The first-order valence-electron chi connectivity index (χ1n) is 4.20. The highest BCUT2D eigenvalue weighted by molar-refractivity contribution is 14.1. The van der Waals surface area contributed by atoms with Crippen LogP contribution in [0.25, 0.3) is 0 Å². The van der Waals surface area contributed by atoms with Crippen LogP contribution in [0.15, 0.2) is 0 Å². The van der Waals surface area contributed by atoms with Gasteiger partial charge in [0.05, 0.1) is 5.60 Å². The van der Waals surface area contributed by atoms with Crippen LogP contribution in [0.3, 0.4) is 0 Å². The minimum Gasteiger partial charge on any atom is -0.411 e. The quantitative estimate of drug-likeness (QED) is 0.439. The molecular weight excluding hydrogens is 267 g/mol. The van der Waals surface area contributed by atoms with E-state index in [4.69, 9.17) is 4.43 Å². The van der Waals surface area contributed by atoms with Gasteiger partial charge in [-0.2, -0.15) is 0 Å². The Morgan fingerprint density at radius 3 is 1.91 bits per heavy atom. The van der Waals surface area contributed by atoms with Crippen molar-refractivity contribution in [3.63, 3.8) is 0 Å². The van der Waals surface area contributed by atoms with Crippen molar-refractivity contribution in [1.82, 2.24) is 0 Å². The Morgan fingerprint density at radius 2 is 1.82 bits per heavy atom. The lowest BCUT2D eigenvalue weighted by molar-refractivity contribution is 0.177. The van der Waals surface area contributed by atoms with Gasteiger partial charge in [-0.3, -0.25) is 0 Å². The van der Waals surface area contributed by atoms with Crippen molar-refractivity contribution in [2.45, 2.75) is 48.9 Å². The average Bonchev–Trinajstić information content (AvgIpc) is 2.43. The highest BCUT2D eigenvalue weighted by atomic mass is 127. The number of rotatable bonds is 3. The first-order valence-corrected chi connectivity index (χ1v) is 8.85. The summed E-state index contributed by atoms with van der Waals surface area (Å²) in [6, 6.07) is 0. The van der Waals surface area contributed by atoms with Gasteiger partial charge in [-0.25, -0.2) is 0 Å². The van der Waals surface area contributed by atoms with Crippen LogP contribution in [0, 0.1) is 0 Å². The van der Waals surface area contributed by atoms with Gasteiger partial charge in [-0.05, 0) is 32.5 Å². The number of alkyl halides is 1. The Morgan fingerprint density at radius 1 is 1.36 bits per heavy atom. The molecule has 1 rings (SSSR count). The molecule has 1 saturated carbocycles. The van der Waals surface area contributed by atoms with Gasteiger partial charge in [0.15, 0.2) is 8.32 Å². The Labute approximate surface area is 84.2 Å². The van der Waals surface area contributed by atoms with Gasteiger partial charge in [0.1, 0.15) is 0 Å². The maximum atomic E-state index is 6.13. The van der Waals surface area contributed by atoms with Crippen molar-refractivity contribution in [3.05, 3.63) is 0 Å². The molecule has 0 saturated heterocycles. The van der Waals surface area contributed by atoms with E-state index < -0.39 is 8.32 Å². The van der Waals surface area contributed by atoms with Gasteiger partial charge in [-0.1, -0.05) is 29.5 Å². The summed E-state index contributed by atoms with van der Waals surface area (Å²) in [5.74, 6) is 0. The van der Waals surface area contributed by atoms with Crippen LogP contribution in [0.1, 0.15) is 19.8 Å². The van der Waals surface area contributed by atoms with Gasteiger partial charge in [0.2, 0.25) is 0 Å². The van der Waals surface area contributed by atoms with Crippen molar-refractivity contribution in [1.29, 1.82) is 0 Å². The van der Waals surface area contributed by atoms with E-state index in [9.17, 15) is 0 Å². The lowest BCUT2D eigenvalue weighted by atomic mass is 10.3. The fraction of sp³-hybridized carbons (Fsp3) is 1.00. The molecular formula is C8H17IOSi. The second-order valence-corrected chi connectivity index (χ2v) is 10.7. The van der Waals surface area contributed by atoms with Gasteiger partial charge in [0, 0.05) is 3.92 Å². The molecule has 66 valence electrons. The van der Waals surface area contributed by atoms with Gasteiger partial charge in [-0.15, -0.1) is 0 Å². The van der Waals surface area contributed by atoms with Crippen molar-refractivity contribution in [3.8, 4) is 0 Å². The van der Waals surface area contributed by atoms with E-state index in [0.717, 1.165) is 0 Å². The first-order chi connectivity index (χ1) is 4.86. The zero-order valence-corrected chi connectivity index (χ0v) is 10.9. The number of hydrogen-bond donors (Lipinski definition) is 0. The van der Waals surface area contributed by atoms with Crippen molar-refractivity contribution in [2.75, 3.05) is 0 Å². The van der Waals surface area contributed by atoms with E-state index in [1.807, 2.05) is 0 Å². The highest BCUT2D eigenvalue weighted by Gasteiger charge is 2.49. The SMILES string of the molecule is CC(I)C1(O[Si](C)(C)C)CC1. The molecule has 0 aromatic heterocycles. The van der Waals surface area contributed by atoms with Crippen LogP contribution >= 0.6 is 22.6 Å². The molecule has 1 nitrogen and oxygen atoms in total. The van der Waals surface area contributed by atoms with Crippen molar-refractivity contribution < 1.29 is 4.43 Å². The zero-order valence-electron chi connectivity index (χ0n) is 7.78. The smallest absolute Gasteiger partial charge is 0.184 e. The van der Waals surface area contributed by atoms with Crippen LogP contribution in [0.4, 0.5) is 0 Å². The van der Waals surface area contributed by atoms with Crippen molar-refractivity contribution >= 4 is 30.9 Å². The topological polar surface area (TPSA) is 9.23 Å². The summed E-state index contributed by atoms with van der Waals surface area (Å²) in [6.07, 6.45) is 2.56. The van der Waals surface area contributed by atoms with Crippen LogP contribution < -0.4 is 0 Å². The highest BCUT2D eigenvalue weighted by Crippen LogP contribution is 2.47. The molecule has 11 heavy (non-hydrogen) atoms. The summed E-state index contributed by atoms with van der Waals surface area (Å²) in [4.78, 5) is 0. The predicted octanol–water partition coefficient (Wildman–Crippen LogP) is 3.19. The standard InChI is InChI=1S/C8H17IOSi/c1-7(9)8(5-6-8)10-11(2,3)4/h7H,5-6H2,1-4H3. The average molecular weight is 284 g/mol. The Hall–Kier alpha value is 0.907. The van der Waals surface area contributed by atoms with Crippen LogP contribution in [0.5, 0.6) is 0 Å². The maximum Gasteiger partial charge on any atom is 0.184 e. The predicted molar refractivity (Wildman–Crippen MR) is 59.9 cm³/mol. The summed E-state index contributed by atoms with van der Waals surface area (Å²) in [5.41, 5.74) is 0.283. The summed E-state index contributed by atoms with van der Waals surface area (Å²) in [6.45, 7) is 9.07. The summed E-state index contributed by atoms with van der Waals surface area (Å²) >= 11 is 2.48. The van der Waals surface area contributed by atoms with Gasteiger partial charge >= 0.3 is 0 Å². The molecule has 1 unspecified atom stereocenters. The second-order valence-electron chi connectivity index (χ2n) is 4.40. The molecule has 0 aromatic rings. The van der Waals surface area contributed by atoms with E-state index in [2.05, 4.69) is 49.2 Å². The van der Waals surface area contributed by atoms with E-state index in [0.29, 0.717) is 3.92 Å². The van der Waals surface area contributed by atoms with E-state index >= 15 is 0 Å². The van der Waals surface area contributed by atoms with Crippen LogP contribution in [-0.4, -0.2) is 17.8 Å². The minimum atomic E-state index is -1.30. The third-order valence-corrected chi connectivity index (χ3v) is 4.13. The molecule has 0 amide bonds. The van der Waals surface area contributed by atoms with E-state index in [-0.39, 0.29) is 5.60 Å². The third-order valence-electron chi connectivity index (χ3n) is 1.98. The third kappa shape index (κ3) is 2.70. The summed E-state index contributed by atoms with van der Waals surface area (Å²) in [5, 5.41) is 0. The minimum absolute atomic E-state index is 0.283. The normalized spacial score (nSPS) is 24.8. The summed E-state index contributed by atoms with van der Waals surface area (Å²) in [7, 11) is -1.30. The van der Waals surface area contributed by atoms with Crippen LogP contribution in [-0.2, 0) is 4.43 Å². The molecule has 0 bridgehead atoms. The lowest BCUT2D eigenvalue weighted by Gasteiger charge is -2.28. The molecule has 0 aliphatic heterocycles. The van der Waals surface area contributed by atoms with E-state index in [1.165, 1.54) is 12.8 Å². The first kappa shape index (κ1) is 9.99. The Bertz CT molecular complexity index is 147. The largest absolute Gasteiger partial charge is 0.411 e. The van der Waals surface area contributed by atoms with Crippen LogP contribution in [0.2, 0.25) is 19.6 Å². The molecule has 0 radical (unpaired) electrons. The fourth-order valence-electron chi connectivity index (χ4n) is 1.31. The molecule has 1 atom stereocenters. The van der Waals surface area contributed by atoms with Gasteiger partial charge < -0.3 is 4.43 Å². The molecule has 1 fully saturated rings. The number of hydrogen-bond acceptors (Lipinski definition) is 1. The lowest BCUT2D eigenvalue weighted by Crippen LogP contribution is -2.37. The molecule has 1 aliphatic carbocycles. The molecule has 1 aliphatic rings. The molecule has 0 aromatic carbocycles. The number of halogens is 1. The molecule has 0 heterocycles. The molecule has 0 N–H and O–H groups in total. The fourth-order valence-corrected chi connectivity index (χ4v) is 3.90.